The van der Waals surface area contributed by atoms with Gasteiger partial charge in [-0.05, 0) is 206 Å². The number of aliphatic hydroxyl groups is 1. The highest BCUT2D eigenvalue weighted by atomic mass is 32.1. The number of aliphatic hydroxyl groups excluding tert-OH is 1. The summed E-state index contributed by atoms with van der Waals surface area (Å²) in [7, 11) is 0. The van der Waals surface area contributed by atoms with Crippen molar-refractivity contribution in [3.63, 3.8) is 0 Å². The lowest BCUT2D eigenvalue weighted by Crippen LogP contribution is -2.64. The van der Waals surface area contributed by atoms with Gasteiger partial charge in [-0.3, -0.25) is 23.9 Å². The minimum absolute atomic E-state index is 0.0259. The number of hydrogen-bond acceptors (Lipinski definition) is 17. The van der Waals surface area contributed by atoms with Crippen LogP contribution in [-0.2, 0) is 32.1 Å². The molecular formula is C76H97N13O6S2. The maximum absolute atomic E-state index is 15.3. The molecule has 21 heteroatoms. The number of ketones is 1. The van der Waals surface area contributed by atoms with Gasteiger partial charge in [-0.2, -0.15) is 5.10 Å². The summed E-state index contributed by atoms with van der Waals surface area (Å²) in [5.41, 5.74) is 10.3. The number of anilines is 4. The van der Waals surface area contributed by atoms with E-state index in [4.69, 9.17) is 30.0 Å². The molecule has 2 aromatic carbocycles. The summed E-state index contributed by atoms with van der Waals surface area (Å²) in [5, 5.41) is 39.7. The lowest BCUT2D eigenvalue weighted by molar-refractivity contribution is -0.248. The molecule has 7 fully saturated rings. The van der Waals surface area contributed by atoms with E-state index in [1.807, 2.05) is 101 Å². The molecule has 7 aromatic rings. The Balaban J connectivity index is 0.667. The minimum Gasteiger partial charge on any atom is -0.393 e. The quantitative estimate of drug-likeness (QED) is 0.0450. The number of aryl methyl sites for hydroxylation is 1. The van der Waals surface area contributed by atoms with Gasteiger partial charge in [0.1, 0.15) is 11.5 Å². The standard InChI is InChI=1S/C76H97N13O6S2/c1-45-54-15-14-30-88(68(54)86-85-67(45)84-71-81-59-16-10-11-17-60(59)97-71)61-27-26-55(58-36-78-89(48(58)4)43-75-38-73(8)37-74(9,39-75)41-76(40-73,42-75)95-32-31-87-28-12-13-29-87)63(82-61)70(94)80-52-24-18-49(19-25-52)33-62(91)83-66(72(5,6)7)64(92)56-34-53(90)35-57(56)69(93)79-46(2)50-20-22-51(23-21-50)65-47(3)77-44-96-65/h10-11,16-17,20-23,26-27,36,44,46,49,52-53,56-57,66,90H,12-15,18-19,24-25,28-35,37-43H2,1-9H3,(H,79,93)(H,80,94)(H,83,91)(H,81,84,85)/t46-,49?,52?,53-,56?,57+,66+,73?,74?,75?,76?/m0/s1. The van der Waals surface area contributed by atoms with Crippen LogP contribution >= 0.6 is 22.7 Å². The Morgan fingerprint density at radius 1 is 0.814 bits per heavy atom. The zero-order valence-electron chi connectivity index (χ0n) is 58.1. The second-order valence-electron chi connectivity index (χ2n) is 32.1. The lowest BCUT2D eigenvalue weighted by atomic mass is 9.39. The lowest BCUT2D eigenvalue weighted by Gasteiger charge is -2.69. The van der Waals surface area contributed by atoms with Crippen LogP contribution in [0.25, 0.3) is 31.8 Å². The summed E-state index contributed by atoms with van der Waals surface area (Å²) < 4.78 is 10.5. The molecule has 1 saturated heterocycles. The van der Waals surface area contributed by atoms with Gasteiger partial charge in [0.15, 0.2) is 22.6 Å². The van der Waals surface area contributed by atoms with Crippen LogP contribution in [-0.4, -0.2) is 125 Å². The van der Waals surface area contributed by atoms with Gasteiger partial charge >= 0.3 is 0 Å². The first-order valence-electron chi connectivity index (χ1n) is 35.7. The Hall–Kier alpha value is -7.04. The van der Waals surface area contributed by atoms with Gasteiger partial charge in [0.05, 0.1) is 68.8 Å². The third-order valence-corrected chi connectivity index (χ3v) is 24.9. The van der Waals surface area contributed by atoms with E-state index < -0.39 is 29.4 Å². The average Bonchev–Trinajstić information content (AvgIpc) is 0.816. The van der Waals surface area contributed by atoms with Crippen molar-refractivity contribution in [3.05, 3.63) is 106 Å². The smallest absolute Gasteiger partial charge is 0.270 e. The van der Waals surface area contributed by atoms with Gasteiger partial charge in [-0.15, -0.1) is 21.5 Å². The summed E-state index contributed by atoms with van der Waals surface area (Å²) in [6.07, 6.45) is 15.4. The van der Waals surface area contributed by atoms with E-state index in [0.717, 1.165) is 135 Å². The molecule has 0 radical (unpaired) electrons. The van der Waals surface area contributed by atoms with E-state index in [9.17, 15) is 19.5 Å². The zero-order valence-corrected chi connectivity index (χ0v) is 59.7. The van der Waals surface area contributed by atoms with E-state index in [1.54, 1.807) is 22.7 Å². The first kappa shape index (κ1) is 67.2. The van der Waals surface area contributed by atoms with Crippen molar-refractivity contribution in [2.24, 2.45) is 39.4 Å². The second-order valence-corrected chi connectivity index (χ2v) is 34.0. The highest BCUT2D eigenvalue weighted by Crippen LogP contribution is 2.72. The molecule has 15 rings (SSSR count). The van der Waals surface area contributed by atoms with Crippen LogP contribution in [0.4, 0.5) is 22.6 Å². The molecule has 7 atom stereocenters. The number of hydrogen-bond donors (Lipinski definition) is 5. The van der Waals surface area contributed by atoms with E-state index in [1.165, 1.54) is 32.4 Å². The maximum Gasteiger partial charge on any atom is 0.270 e. The normalized spacial score (nSPS) is 27.6. The van der Waals surface area contributed by atoms with Crippen LogP contribution < -0.4 is 26.2 Å². The summed E-state index contributed by atoms with van der Waals surface area (Å²) >= 11 is 3.17. The van der Waals surface area contributed by atoms with E-state index in [-0.39, 0.29) is 82.6 Å². The highest BCUT2D eigenvalue weighted by molar-refractivity contribution is 7.22. The van der Waals surface area contributed by atoms with Crippen molar-refractivity contribution in [3.8, 4) is 21.6 Å². The van der Waals surface area contributed by atoms with Crippen LogP contribution in [0, 0.1) is 60.2 Å². The topological polar surface area (TPSA) is 235 Å². The number of aromatic nitrogens is 7. The number of thiazole rings is 2. The Kier molecular flexibility index (Phi) is 18.4. The molecule has 7 heterocycles. The van der Waals surface area contributed by atoms with Gasteiger partial charge < -0.3 is 40.9 Å². The van der Waals surface area contributed by atoms with Crippen LogP contribution in [0.2, 0.25) is 0 Å². The van der Waals surface area contributed by atoms with Crippen molar-refractivity contribution in [1.82, 2.24) is 55.8 Å². The maximum atomic E-state index is 15.3. The predicted molar refractivity (Wildman–Crippen MR) is 381 cm³/mol. The van der Waals surface area contributed by atoms with Gasteiger partial charge in [-0.25, -0.2) is 15.0 Å². The monoisotopic (exact) mass is 1350 g/mol. The third-order valence-electron chi connectivity index (χ3n) is 23.0. The average molecular weight is 1350 g/mol. The molecule has 4 bridgehead atoms. The molecule has 0 spiro atoms. The fourth-order valence-corrected chi connectivity index (χ4v) is 21.0. The summed E-state index contributed by atoms with van der Waals surface area (Å²) in [4.78, 5) is 78.6. The molecule has 514 valence electrons. The molecule has 3 unspecified atom stereocenters. The van der Waals surface area contributed by atoms with Crippen molar-refractivity contribution in [2.45, 2.75) is 208 Å². The van der Waals surface area contributed by atoms with E-state index in [2.05, 4.69) is 74.5 Å². The number of nitrogens with zero attached hydrogens (tertiary/aromatic N) is 9. The molecule has 5 N–H and O–H groups in total. The van der Waals surface area contributed by atoms with Crippen molar-refractivity contribution >= 4 is 79.0 Å². The summed E-state index contributed by atoms with van der Waals surface area (Å²) in [5.74, 6) is -0.482. The fourth-order valence-electron chi connectivity index (χ4n) is 19.4. The van der Waals surface area contributed by atoms with Crippen molar-refractivity contribution < 1.29 is 29.0 Å². The SMILES string of the molecule is Cc1ncsc1-c1ccc([C@H](C)NC(=O)[C@@H]2C[C@@H](O)CC2C(=O)[C@@H](NC(=O)CC2CCC(NC(=O)c3nc(N4CCCc5c4nnc(Nc4nc6ccccc6s4)c5C)ccc3-c3cnn(CC45CC6(C)CC(C)(C4)CC(OCCN4CCCC4)(C6)C5)c3C)CC2)C(C)(C)C)cc1. The number of ether oxygens (including phenoxy) is 1. The van der Waals surface area contributed by atoms with Crippen LogP contribution in [0.1, 0.15) is 189 Å². The van der Waals surface area contributed by atoms with Crippen LogP contribution in [0.5, 0.6) is 0 Å². The van der Waals surface area contributed by atoms with Gasteiger partial charge in [0.25, 0.3) is 5.91 Å². The third kappa shape index (κ3) is 13.9. The molecule has 3 amide bonds. The highest BCUT2D eigenvalue weighted by Gasteiger charge is 2.66. The fraction of sp³-hybridized carbons (Fsp3) is 0.579. The zero-order chi connectivity index (χ0) is 67.8. The molecule has 97 heavy (non-hydrogen) atoms. The number of likely N-dealkylation sites (tertiary alicyclic amines) is 1. The predicted octanol–water partition coefficient (Wildman–Crippen LogP) is 13.5. The minimum atomic E-state index is -0.876. The summed E-state index contributed by atoms with van der Waals surface area (Å²) in [6, 6.07) is 18.8. The first-order chi connectivity index (χ1) is 46.4. The Labute approximate surface area is 578 Å². The number of Topliss-reactive ketones (excluding diaryl/α,β-unsaturated/α-hetero) is 1. The Bertz CT molecular complexity index is 4050. The number of nitrogens with one attached hydrogen (secondary N) is 4. The first-order valence-corrected chi connectivity index (χ1v) is 37.4. The van der Waals surface area contributed by atoms with Crippen molar-refractivity contribution in [1.29, 1.82) is 0 Å². The number of fused-ring (bicyclic) bond motifs is 2. The van der Waals surface area contributed by atoms with Gasteiger partial charge in [0.2, 0.25) is 11.8 Å². The molecule has 8 aliphatic rings. The number of rotatable bonds is 21. The number of pyridine rings is 1. The molecular weight excluding hydrogens is 1260 g/mol. The largest absolute Gasteiger partial charge is 0.393 e. The number of carbonyl (C=O) groups excluding carboxylic acids is 4. The molecule has 6 aliphatic carbocycles. The van der Waals surface area contributed by atoms with Crippen LogP contribution in [0.15, 0.2) is 72.4 Å². The Morgan fingerprint density at radius 3 is 2.28 bits per heavy atom. The molecule has 2 aliphatic heterocycles. The number of para-hydroxylation sites is 1. The van der Waals surface area contributed by atoms with Crippen LogP contribution in [0.3, 0.4) is 0 Å². The summed E-state index contributed by atoms with van der Waals surface area (Å²) in [6.45, 7) is 24.5. The number of benzene rings is 2. The Morgan fingerprint density at radius 2 is 1.56 bits per heavy atom. The number of amides is 3. The van der Waals surface area contributed by atoms with Gasteiger partial charge in [-0.1, -0.05) is 82.4 Å². The van der Waals surface area contributed by atoms with Gasteiger partial charge in [0, 0.05) is 66.0 Å². The molecule has 6 saturated carbocycles. The number of carbonyl (C=O) groups is 4. The van der Waals surface area contributed by atoms with E-state index >= 15 is 4.79 Å². The van der Waals surface area contributed by atoms with E-state index in [0.29, 0.717) is 49.6 Å². The molecule has 19 nitrogen and oxygen atoms in total. The molecule has 5 aromatic heterocycles. The van der Waals surface area contributed by atoms with Crippen molar-refractivity contribution in [2.75, 3.05) is 43.0 Å². The second kappa shape index (κ2) is 26.6.